The van der Waals surface area contributed by atoms with E-state index >= 15 is 0 Å². The molecule has 0 N–H and O–H groups in total. The number of hydrogen-bond acceptors (Lipinski definition) is 3. The molecule has 0 aliphatic rings. The molecule has 3 nitrogen and oxygen atoms in total. The summed E-state index contributed by atoms with van der Waals surface area (Å²) < 4.78 is 10.4. The van der Waals surface area contributed by atoms with Crippen LogP contribution in [0.1, 0.15) is 36.7 Å². The summed E-state index contributed by atoms with van der Waals surface area (Å²) in [4.78, 5) is 11.4. The molecule has 0 aliphatic heterocycles. The van der Waals surface area contributed by atoms with Crippen LogP contribution in [0.4, 0.5) is 0 Å². The van der Waals surface area contributed by atoms with Gasteiger partial charge in [-0.3, -0.25) is 0 Å². The molecule has 1 aromatic carbocycles. The maximum atomic E-state index is 11.4. The molecule has 17 heavy (non-hydrogen) atoms. The third kappa shape index (κ3) is 5.00. The first-order valence-electron chi connectivity index (χ1n) is 6.01. The molecule has 0 radical (unpaired) electrons. The minimum absolute atomic E-state index is 0.258. The zero-order valence-corrected chi connectivity index (χ0v) is 10.7. The molecule has 0 fully saturated rings. The normalized spacial score (nSPS) is 10.6. The van der Waals surface area contributed by atoms with Crippen LogP contribution in [-0.4, -0.2) is 25.3 Å². The van der Waals surface area contributed by atoms with Crippen molar-refractivity contribution in [2.24, 2.45) is 0 Å². The molecule has 0 unspecified atom stereocenters. The third-order valence-corrected chi connectivity index (χ3v) is 2.31. The second kappa shape index (κ2) is 7.07. The number of benzene rings is 1. The Hall–Kier alpha value is -1.35. The van der Waals surface area contributed by atoms with E-state index in [9.17, 15) is 4.79 Å². The van der Waals surface area contributed by atoms with Crippen LogP contribution in [0, 0.1) is 0 Å². The van der Waals surface area contributed by atoms with E-state index < -0.39 is 0 Å². The Morgan fingerprint density at radius 2 is 1.88 bits per heavy atom. The Balaban J connectivity index is 2.47. The fourth-order valence-electron chi connectivity index (χ4n) is 1.43. The van der Waals surface area contributed by atoms with Gasteiger partial charge in [-0.05, 0) is 44.9 Å². The number of rotatable bonds is 6. The fraction of sp³-hybridized carbons (Fsp3) is 0.500. The van der Waals surface area contributed by atoms with E-state index in [2.05, 4.69) is 0 Å². The van der Waals surface area contributed by atoms with E-state index in [4.69, 9.17) is 9.47 Å². The van der Waals surface area contributed by atoms with Gasteiger partial charge in [0.15, 0.2) is 0 Å². The van der Waals surface area contributed by atoms with Gasteiger partial charge in [-0.25, -0.2) is 4.79 Å². The van der Waals surface area contributed by atoms with Crippen molar-refractivity contribution in [3.05, 3.63) is 35.4 Å². The average molecular weight is 236 g/mol. The summed E-state index contributed by atoms with van der Waals surface area (Å²) in [5, 5.41) is 0. The van der Waals surface area contributed by atoms with Gasteiger partial charge in [0, 0.05) is 0 Å². The number of esters is 1. The first kappa shape index (κ1) is 13.7. The van der Waals surface area contributed by atoms with Crippen molar-refractivity contribution in [3.8, 4) is 0 Å². The molecule has 1 aromatic rings. The summed E-state index contributed by atoms with van der Waals surface area (Å²) >= 11 is 0. The van der Waals surface area contributed by atoms with Crippen LogP contribution in [0.3, 0.4) is 0 Å². The Labute approximate surface area is 103 Å². The fourth-order valence-corrected chi connectivity index (χ4v) is 1.43. The number of ether oxygens (including phenoxy) is 2. The highest BCUT2D eigenvalue weighted by atomic mass is 16.5. The topological polar surface area (TPSA) is 35.5 Å². The van der Waals surface area contributed by atoms with E-state index in [-0.39, 0.29) is 12.1 Å². The van der Waals surface area contributed by atoms with Gasteiger partial charge in [0.1, 0.15) is 0 Å². The largest absolute Gasteiger partial charge is 0.462 e. The molecule has 0 bridgehead atoms. The van der Waals surface area contributed by atoms with Crippen molar-refractivity contribution in [3.63, 3.8) is 0 Å². The van der Waals surface area contributed by atoms with Gasteiger partial charge in [0.05, 0.1) is 24.9 Å². The zero-order chi connectivity index (χ0) is 12.7. The summed E-state index contributed by atoms with van der Waals surface area (Å²) in [7, 11) is 0. The molecule has 0 aliphatic carbocycles. The predicted molar refractivity (Wildman–Crippen MR) is 67.2 cm³/mol. The standard InChI is InChI=1S/C14H20O3/c1-4-16-14(15)13-7-5-12(6-8-13)9-10-17-11(2)3/h5-8,11H,4,9-10H2,1-3H3. The van der Waals surface area contributed by atoms with Crippen molar-refractivity contribution < 1.29 is 14.3 Å². The van der Waals surface area contributed by atoms with E-state index in [1.165, 1.54) is 5.56 Å². The quantitative estimate of drug-likeness (QED) is 0.712. The number of carbonyl (C=O) groups is 1. The Bertz CT molecular complexity index is 341. The lowest BCUT2D eigenvalue weighted by Crippen LogP contribution is -2.07. The molecule has 1 rings (SSSR count). The van der Waals surface area contributed by atoms with Crippen LogP contribution in [-0.2, 0) is 15.9 Å². The number of carbonyl (C=O) groups excluding carboxylic acids is 1. The minimum Gasteiger partial charge on any atom is -0.462 e. The van der Waals surface area contributed by atoms with Crippen LogP contribution in [0.5, 0.6) is 0 Å². The Morgan fingerprint density at radius 1 is 1.24 bits per heavy atom. The smallest absolute Gasteiger partial charge is 0.338 e. The predicted octanol–water partition coefficient (Wildman–Crippen LogP) is 2.83. The molecule has 0 spiro atoms. The Morgan fingerprint density at radius 3 is 2.41 bits per heavy atom. The molecular formula is C14H20O3. The molecule has 3 heteroatoms. The third-order valence-electron chi connectivity index (χ3n) is 2.31. The highest BCUT2D eigenvalue weighted by molar-refractivity contribution is 5.89. The lowest BCUT2D eigenvalue weighted by Gasteiger charge is -2.07. The zero-order valence-electron chi connectivity index (χ0n) is 10.7. The summed E-state index contributed by atoms with van der Waals surface area (Å²) in [6.45, 7) is 6.95. The van der Waals surface area contributed by atoms with Gasteiger partial charge in [-0.1, -0.05) is 12.1 Å². The van der Waals surface area contributed by atoms with Gasteiger partial charge in [0.25, 0.3) is 0 Å². The van der Waals surface area contributed by atoms with Crippen LogP contribution >= 0.6 is 0 Å². The van der Waals surface area contributed by atoms with Gasteiger partial charge in [-0.15, -0.1) is 0 Å². The number of hydrogen-bond donors (Lipinski definition) is 0. The van der Waals surface area contributed by atoms with E-state index in [0.29, 0.717) is 18.8 Å². The maximum Gasteiger partial charge on any atom is 0.338 e. The van der Waals surface area contributed by atoms with Crippen molar-refractivity contribution in [1.82, 2.24) is 0 Å². The monoisotopic (exact) mass is 236 g/mol. The molecule has 0 aromatic heterocycles. The van der Waals surface area contributed by atoms with Crippen LogP contribution in [0.2, 0.25) is 0 Å². The first-order valence-corrected chi connectivity index (χ1v) is 6.01. The Kier molecular flexibility index (Phi) is 5.70. The summed E-state index contributed by atoms with van der Waals surface area (Å²) in [5.74, 6) is -0.266. The van der Waals surface area contributed by atoms with Gasteiger partial charge < -0.3 is 9.47 Å². The maximum absolute atomic E-state index is 11.4. The highest BCUT2D eigenvalue weighted by Crippen LogP contribution is 2.07. The van der Waals surface area contributed by atoms with Crippen LogP contribution in [0.15, 0.2) is 24.3 Å². The molecular weight excluding hydrogens is 216 g/mol. The molecule has 0 heterocycles. The molecule has 0 saturated heterocycles. The van der Waals surface area contributed by atoms with E-state index in [1.807, 2.05) is 26.0 Å². The van der Waals surface area contributed by atoms with Gasteiger partial charge in [-0.2, -0.15) is 0 Å². The molecule has 0 amide bonds. The second-order valence-electron chi connectivity index (χ2n) is 4.09. The SMILES string of the molecule is CCOC(=O)c1ccc(CCOC(C)C)cc1. The van der Waals surface area contributed by atoms with Crippen molar-refractivity contribution in [2.45, 2.75) is 33.3 Å². The molecule has 94 valence electrons. The first-order chi connectivity index (χ1) is 8.13. The van der Waals surface area contributed by atoms with E-state index in [1.54, 1.807) is 19.1 Å². The molecule has 0 saturated carbocycles. The summed E-state index contributed by atoms with van der Waals surface area (Å²) in [6.07, 6.45) is 1.12. The van der Waals surface area contributed by atoms with Crippen molar-refractivity contribution >= 4 is 5.97 Å². The molecule has 0 atom stereocenters. The van der Waals surface area contributed by atoms with Gasteiger partial charge in [0.2, 0.25) is 0 Å². The second-order valence-corrected chi connectivity index (χ2v) is 4.09. The summed E-state index contributed by atoms with van der Waals surface area (Å²) in [5.41, 5.74) is 1.76. The van der Waals surface area contributed by atoms with Crippen LogP contribution < -0.4 is 0 Å². The minimum atomic E-state index is -0.266. The lowest BCUT2D eigenvalue weighted by atomic mass is 10.1. The van der Waals surface area contributed by atoms with Crippen molar-refractivity contribution in [2.75, 3.05) is 13.2 Å². The van der Waals surface area contributed by atoms with E-state index in [0.717, 1.165) is 6.42 Å². The van der Waals surface area contributed by atoms with Crippen molar-refractivity contribution in [1.29, 1.82) is 0 Å². The van der Waals surface area contributed by atoms with Crippen LogP contribution in [0.25, 0.3) is 0 Å². The highest BCUT2D eigenvalue weighted by Gasteiger charge is 2.05. The lowest BCUT2D eigenvalue weighted by molar-refractivity contribution is 0.0526. The summed E-state index contributed by atoms with van der Waals surface area (Å²) in [6, 6.07) is 7.47. The average Bonchev–Trinajstić information content (AvgIpc) is 2.30. The van der Waals surface area contributed by atoms with Gasteiger partial charge >= 0.3 is 5.97 Å².